The van der Waals surface area contributed by atoms with Gasteiger partial charge < -0.3 is 20.1 Å². The van der Waals surface area contributed by atoms with Crippen molar-refractivity contribution >= 4 is 22.2 Å². The average Bonchev–Trinajstić information content (AvgIpc) is 2.99. The van der Waals surface area contributed by atoms with Crippen LogP contribution in [0, 0.1) is 0 Å². The van der Waals surface area contributed by atoms with E-state index >= 15 is 0 Å². The number of anilines is 1. The second kappa shape index (κ2) is 6.02. The highest BCUT2D eigenvalue weighted by atomic mass is 32.1. The van der Waals surface area contributed by atoms with Crippen LogP contribution in [0.3, 0.4) is 0 Å². The molecule has 2 aliphatic rings. The highest BCUT2D eigenvalue weighted by Crippen LogP contribution is 2.42. The Morgan fingerprint density at radius 1 is 1.12 bits per heavy atom. The van der Waals surface area contributed by atoms with E-state index in [0.29, 0.717) is 5.75 Å². The molecule has 1 aromatic heterocycles. The minimum atomic E-state index is -0.300. The van der Waals surface area contributed by atoms with Gasteiger partial charge in [0.2, 0.25) is 0 Å². The summed E-state index contributed by atoms with van der Waals surface area (Å²) < 4.78 is 10.7. The number of benzene rings is 1. The molecule has 1 atom stereocenters. The van der Waals surface area contributed by atoms with E-state index in [1.54, 1.807) is 25.6 Å². The minimum Gasteiger partial charge on any atom is -0.497 e. The Kier molecular flexibility index (Phi) is 3.84. The summed E-state index contributed by atoms with van der Waals surface area (Å²) in [5, 5.41) is 7.53. The molecule has 4 rings (SSSR count). The molecule has 24 heavy (non-hydrogen) atoms. The molecule has 0 saturated heterocycles. The van der Waals surface area contributed by atoms with Crippen LogP contribution in [0.15, 0.2) is 18.2 Å². The van der Waals surface area contributed by atoms with Gasteiger partial charge in [-0.25, -0.2) is 0 Å². The van der Waals surface area contributed by atoms with Gasteiger partial charge in [0.05, 0.1) is 19.8 Å². The van der Waals surface area contributed by atoms with Crippen LogP contribution >= 0.6 is 11.3 Å². The lowest BCUT2D eigenvalue weighted by Crippen LogP contribution is -2.38. The lowest BCUT2D eigenvalue weighted by Gasteiger charge is -2.28. The first-order chi connectivity index (χ1) is 11.7. The molecule has 0 radical (unpaired) electrons. The van der Waals surface area contributed by atoms with Crippen LogP contribution in [-0.2, 0) is 12.8 Å². The molecule has 1 aliphatic heterocycles. The lowest BCUT2D eigenvalue weighted by atomic mass is 9.94. The fourth-order valence-electron chi connectivity index (χ4n) is 3.49. The number of nitrogens with one attached hydrogen (secondary N) is 2. The zero-order valence-corrected chi connectivity index (χ0v) is 14.6. The van der Waals surface area contributed by atoms with Gasteiger partial charge in [-0.1, -0.05) is 0 Å². The number of carbonyl (C=O) groups excluding carboxylic acids is 1. The molecular weight excluding hydrogens is 324 g/mol. The Labute approximate surface area is 145 Å². The molecule has 0 fully saturated rings. The average molecular weight is 344 g/mol. The number of carbonyl (C=O) groups is 1. The Morgan fingerprint density at radius 2 is 1.96 bits per heavy atom. The number of ether oxygens (including phenoxy) is 2. The van der Waals surface area contributed by atoms with Gasteiger partial charge >= 0.3 is 0 Å². The topological polar surface area (TPSA) is 59.6 Å². The molecule has 0 saturated carbocycles. The fraction of sp³-hybridized carbons (Fsp3) is 0.389. The first kappa shape index (κ1) is 15.3. The van der Waals surface area contributed by atoms with Gasteiger partial charge in [0.15, 0.2) is 0 Å². The second-order valence-electron chi connectivity index (χ2n) is 6.07. The lowest BCUT2D eigenvalue weighted by molar-refractivity contribution is 0.0935. The van der Waals surface area contributed by atoms with Gasteiger partial charge in [-0.3, -0.25) is 4.79 Å². The Morgan fingerprint density at radius 3 is 2.75 bits per heavy atom. The van der Waals surface area contributed by atoms with Crippen LogP contribution in [0.25, 0.3) is 0 Å². The van der Waals surface area contributed by atoms with Crippen molar-refractivity contribution in [3.8, 4) is 11.5 Å². The van der Waals surface area contributed by atoms with Gasteiger partial charge in [0.25, 0.3) is 5.91 Å². The summed E-state index contributed by atoms with van der Waals surface area (Å²) in [6, 6.07) is 5.63. The predicted molar refractivity (Wildman–Crippen MR) is 94.3 cm³/mol. The summed E-state index contributed by atoms with van der Waals surface area (Å²) in [5.41, 5.74) is 2.98. The number of hydrogen-bond acceptors (Lipinski definition) is 5. The van der Waals surface area contributed by atoms with Crippen molar-refractivity contribution in [3.63, 3.8) is 0 Å². The molecule has 1 aliphatic carbocycles. The van der Waals surface area contributed by atoms with Crippen LogP contribution in [0.2, 0.25) is 0 Å². The zero-order valence-electron chi connectivity index (χ0n) is 13.8. The summed E-state index contributed by atoms with van der Waals surface area (Å²) in [6.07, 6.45) is 4.17. The molecule has 0 bridgehead atoms. The quantitative estimate of drug-likeness (QED) is 0.895. The molecule has 6 heteroatoms. The van der Waals surface area contributed by atoms with Gasteiger partial charge in [-0.15, -0.1) is 11.3 Å². The Bertz CT molecular complexity index is 800. The smallest absolute Gasteiger partial charge is 0.256 e. The normalized spacial score (nSPS) is 18.9. The molecule has 0 spiro atoms. The Hall–Kier alpha value is -2.21. The third kappa shape index (κ3) is 2.41. The SMILES string of the molecule is COc1ccc([C@H]2NC(=O)c3c(sc4c3CCCC4)N2)c(OC)c1. The Balaban J connectivity index is 1.71. The fourth-order valence-corrected chi connectivity index (χ4v) is 4.81. The maximum absolute atomic E-state index is 12.7. The van der Waals surface area contributed by atoms with Crippen molar-refractivity contribution in [1.82, 2.24) is 5.32 Å². The van der Waals surface area contributed by atoms with Crippen molar-refractivity contribution in [2.45, 2.75) is 31.8 Å². The van der Waals surface area contributed by atoms with Gasteiger partial charge in [0.1, 0.15) is 22.7 Å². The van der Waals surface area contributed by atoms with Crippen molar-refractivity contribution in [3.05, 3.63) is 39.8 Å². The standard InChI is InChI=1S/C18H20N2O3S/c1-22-10-7-8-11(13(9-10)23-2)16-19-17(21)15-12-5-3-4-6-14(12)24-18(15)20-16/h7-9,16,20H,3-6H2,1-2H3,(H,19,21)/t16-/m0/s1. The number of rotatable bonds is 3. The third-order valence-electron chi connectivity index (χ3n) is 4.70. The summed E-state index contributed by atoms with van der Waals surface area (Å²) in [7, 11) is 3.25. The van der Waals surface area contributed by atoms with E-state index in [-0.39, 0.29) is 12.1 Å². The van der Waals surface area contributed by atoms with Gasteiger partial charge in [-0.05, 0) is 43.4 Å². The molecular formula is C18H20N2O3S. The van der Waals surface area contributed by atoms with Gasteiger partial charge in [-0.2, -0.15) is 0 Å². The summed E-state index contributed by atoms with van der Waals surface area (Å²) in [4.78, 5) is 14.1. The predicted octanol–water partition coefficient (Wildman–Crippen LogP) is 3.50. The van der Waals surface area contributed by atoms with Crippen molar-refractivity contribution in [2.24, 2.45) is 0 Å². The molecule has 2 aromatic rings. The number of amides is 1. The van der Waals surface area contributed by atoms with E-state index in [4.69, 9.17) is 9.47 Å². The zero-order chi connectivity index (χ0) is 16.7. The minimum absolute atomic E-state index is 0.00558. The van der Waals surface area contributed by atoms with Crippen molar-refractivity contribution in [1.29, 1.82) is 0 Å². The third-order valence-corrected chi connectivity index (χ3v) is 5.92. The second-order valence-corrected chi connectivity index (χ2v) is 7.18. The number of fused-ring (bicyclic) bond motifs is 3. The van der Waals surface area contributed by atoms with Crippen LogP contribution < -0.4 is 20.1 Å². The van der Waals surface area contributed by atoms with Crippen LogP contribution in [-0.4, -0.2) is 20.1 Å². The van der Waals surface area contributed by atoms with Crippen molar-refractivity contribution in [2.75, 3.05) is 19.5 Å². The molecule has 5 nitrogen and oxygen atoms in total. The molecule has 0 unspecified atom stereocenters. The molecule has 126 valence electrons. The van der Waals surface area contributed by atoms with Crippen LogP contribution in [0.5, 0.6) is 11.5 Å². The monoisotopic (exact) mass is 344 g/mol. The number of thiophene rings is 1. The van der Waals surface area contributed by atoms with E-state index in [0.717, 1.165) is 34.7 Å². The van der Waals surface area contributed by atoms with E-state index in [1.165, 1.54) is 23.3 Å². The highest BCUT2D eigenvalue weighted by molar-refractivity contribution is 7.16. The summed E-state index contributed by atoms with van der Waals surface area (Å²) in [5.74, 6) is 1.42. The van der Waals surface area contributed by atoms with Crippen LogP contribution in [0.4, 0.5) is 5.00 Å². The molecule has 2 N–H and O–H groups in total. The maximum Gasteiger partial charge on any atom is 0.256 e. The van der Waals surface area contributed by atoms with Gasteiger partial charge in [0, 0.05) is 16.5 Å². The summed E-state index contributed by atoms with van der Waals surface area (Å²) in [6.45, 7) is 0. The summed E-state index contributed by atoms with van der Waals surface area (Å²) >= 11 is 1.72. The number of hydrogen-bond donors (Lipinski definition) is 2. The van der Waals surface area contributed by atoms with Crippen LogP contribution in [0.1, 0.15) is 45.4 Å². The number of methoxy groups -OCH3 is 2. The first-order valence-corrected chi connectivity index (χ1v) is 8.96. The van der Waals surface area contributed by atoms with E-state index < -0.39 is 0 Å². The van der Waals surface area contributed by atoms with E-state index in [1.807, 2.05) is 18.2 Å². The largest absolute Gasteiger partial charge is 0.497 e. The van der Waals surface area contributed by atoms with E-state index in [2.05, 4.69) is 10.6 Å². The van der Waals surface area contributed by atoms with Crippen molar-refractivity contribution < 1.29 is 14.3 Å². The molecule has 2 heterocycles. The van der Waals surface area contributed by atoms with E-state index in [9.17, 15) is 4.79 Å². The maximum atomic E-state index is 12.7. The highest BCUT2D eigenvalue weighted by Gasteiger charge is 2.33. The molecule has 1 amide bonds. The molecule has 1 aromatic carbocycles. The number of aryl methyl sites for hydroxylation is 1. The first-order valence-electron chi connectivity index (χ1n) is 8.15.